The standard InChI is InChI=1S/C28H27N3O6S2/c1-16(32)30-11-10-21-23(14-30)39-25-24(21)26(33)31(19-6-5-7-20(13-19)35-2)28(29-25)38-15-18-12-17(27(34)37-4)8-9-22(18)36-3/h5-9,12-13H,10-11,14-15H2,1-4H3. The van der Waals surface area contributed by atoms with Gasteiger partial charge in [0.05, 0.1) is 44.5 Å². The molecule has 0 saturated carbocycles. The predicted molar refractivity (Wildman–Crippen MR) is 150 cm³/mol. The maximum absolute atomic E-state index is 14.1. The minimum atomic E-state index is -0.444. The molecule has 3 heterocycles. The maximum atomic E-state index is 14.1. The molecule has 1 aliphatic rings. The van der Waals surface area contributed by atoms with Crippen molar-refractivity contribution in [3.05, 3.63) is 74.4 Å². The summed E-state index contributed by atoms with van der Waals surface area (Å²) in [6.45, 7) is 2.61. The van der Waals surface area contributed by atoms with E-state index in [1.807, 2.05) is 18.2 Å². The molecule has 202 valence electrons. The number of amides is 1. The van der Waals surface area contributed by atoms with Gasteiger partial charge in [0.15, 0.2) is 5.16 Å². The second-order valence-electron chi connectivity index (χ2n) is 8.92. The van der Waals surface area contributed by atoms with Gasteiger partial charge >= 0.3 is 5.97 Å². The molecule has 0 fully saturated rings. The highest BCUT2D eigenvalue weighted by molar-refractivity contribution is 7.98. The van der Waals surface area contributed by atoms with Gasteiger partial charge in [-0.2, -0.15) is 0 Å². The molecule has 0 N–H and O–H groups in total. The molecule has 11 heteroatoms. The number of hydrogen-bond donors (Lipinski definition) is 0. The van der Waals surface area contributed by atoms with Gasteiger partial charge in [0.2, 0.25) is 5.91 Å². The van der Waals surface area contributed by atoms with Gasteiger partial charge in [-0.3, -0.25) is 14.2 Å². The summed E-state index contributed by atoms with van der Waals surface area (Å²) in [6, 6.07) is 12.4. The first-order valence-electron chi connectivity index (χ1n) is 12.2. The first-order chi connectivity index (χ1) is 18.8. The molecular weight excluding hydrogens is 538 g/mol. The van der Waals surface area contributed by atoms with Crippen molar-refractivity contribution in [2.24, 2.45) is 0 Å². The number of thiophene rings is 1. The molecule has 5 rings (SSSR count). The van der Waals surface area contributed by atoms with E-state index in [9.17, 15) is 14.4 Å². The third kappa shape index (κ3) is 5.11. The van der Waals surface area contributed by atoms with Crippen molar-refractivity contribution in [1.82, 2.24) is 14.5 Å². The Morgan fingerprint density at radius 2 is 1.92 bits per heavy atom. The number of benzene rings is 2. The molecule has 0 spiro atoms. The van der Waals surface area contributed by atoms with Gasteiger partial charge in [-0.1, -0.05) is 17.8 Å². The molecule has 1 aliphatic heterocycles. The fourth-order valence-corrected chi connectivity index (χ4v) is 6.91. The highest BCUT2D eigenvalue weighted by atomic mass is 32.2. The van der Waals surface area contributed by atoms with Crippen LogP contribution in [0.3, 0.4) is 0 Å². The van der Waals surface area contributed by atoms with Crippen molar-refractivity contribution in [1.29, 1.82) is 0 Å². The normalized spacial score (nSPS) is 12.8. The largest absolute Gasteiger partial charge is 0.497 e. The predicted octanol–water partition coefficient (Wildman–Crippen LogP) is 4.45. The minimum Gasteiger partial charge on any atom is -0.497 e. The lowest BCUT2D eigenvalue weighted by molar-refractivity contribution is -0.129. The fraction of sp³-hybridized carbons (Fsp3) is 0.286. The molecule has 0 saturated heterocycles. The molecule has 9 nitrogen and oxygen atoms in total. The summed E-state index contributed by atoms with van der Waals surface area (Å²) in [5.41, 5.74) is 2.60. The smallest absolute Gasteiger partial charge is 0.337 e. The Kier molecular flexibility index (Phi) is 7.62. The van der Waals surface area contributed by atoms with E-state index in [4.69, 9.17) is 19.2 Å². The van der Waals surface area contributed by atoms with Gasteiger partial charge in [-0.05, 0) is 42.3 Å². The zero-order chi connectivity index (χ0) is 27.7. The van der Waals surface area contributed by atoms with Gasteiger partial charge in [0.25, 0.3) is 5.56 Å². The highest BCUT2D eigenvalue weighted by Gasteiger charge is 2.27. The molecule has 1 amide bonds. The number of thioether (sulfide) groups is 1. The van der Waals surface area contributed by atoms with E-state index >= 15 is 0 Å². The van der Waals surface area contributed by atoms with Crippen LogP contribution in [0.2, 0.25) is 0 Å². The van der Waals surface area contributed by atoms with Crippen LogP contribution < -0.4 is 15.0 Å². The zero-order valence-corrected chi connectivity index (χ0v) is 23.6. The highest BCUT2D eigenvalue weighted by Crippen LogP contribution is 2.36. The van der Waals surface area contributed by atoms with E-state index in [0.29, 0.717) is 63.4 Å². The van der Waals surface area contributed by atoms with E-state index in [0.717, 1.165) is 16.0 Å². The first kappa shape index (κ1) is 26.8. The Morgan fingerprint density at radius 1 is 1.10 bits per heavy atom. The number of ether oxygens (including phenoxy) is 3. The summed E-state index contributed by atoms with van der Waals surface area (Å²) >= 11 is 2.82. The molecule has 0 aliphatic carbocycles. The van der Waals surface area contributed by atoms with Crippen LogP contribution in [0.15, 0.2) is 52.4 Å². The molecule has 2 aromatic carbocycles. The van der Waals surface area contributed by atoms with Crippen LogP contribution in [0.5, 0.6) is 11.5 Å². The summed E-state index contributed by atoms with van der Waals surface area (Å²) < 4.78 is 17.4. The molecule has 0 unspecified atom stereocenters. The third-order valence-corrected chi connectivity index (χ3v) is 8.76. The van der Waals surface area contributed by atoms with Crippen LogP contribution in [0.4, 0.5) is 0 Å². The molecule has 0 radical (unpaired) electrons. The average molecular weight is 566 g/mol. The number of fused-ring (bicyclic) bond motifs is 3. The van der Waals surface area contributed by atoms with Crippen molar-refractivity contribution in [3.63, 3.8) is 0 Å². The summed E-state index contributed by atoms with van der Waals surface area (Å²) in [4.78, 5) is 46.6. The summed E-state index contributed by atoms with van der Waals surface area (Å²) in [5.74, 6) is 1.19. The number of carbonyl (C=O) groups is 2. The van der Waals surface area contributed by atoms with Gasteiger partial charge in [0, 0.05) is 35.7 Å². The number of nitrogens with zero attached hydrogens (tertiary/aromatic N) is 3. The Morgan fingerprint density at radius 3 is 2.64 bits per heavy atom. The Labute approximate surface area is 233 Å². The van der Waals surface area contributed by atoms with Gasteiger partial charge in [-0.25, -0.2) is 9.78 Å². The molecule has 0 atom stereocenters. The number of aromatic nitrogens is 2. The van der Waals surface area contributed by atoms with E-state index in [-0.39, 0.29) is 11.5 Å². The van der Waals surface area contributed by atoms with E-state index < -0.39 is 5.97 Å². The van der Waals surface area contributed by atoms with Crippen LogP contribution in [0, 0.1) is 0 Å². The third-order valence-electron chi connectivity index (χ3n) is 6.66. The Bertz CT molecular complexity index is 1640. The summed E-state index contributed by atoms with van der Waals surface area (Å²) in [7, 11) is 4.48. The van der Waals surface area contributed by atoms with Crippen LogP contribution in [0.25, 0.3) is 15.9 Å². The van der Waals surface area contributed by atoms with Crippen LogP contribution in [-0.2, 0) is 28.2 Å². The van der Waals surface area contributed by atoms with Gasteiger partial charge in [-0.15, -0.1) is 11.3 Å². The topological polar surface area (TPSA) is 100.0 Å². The van der Waals surface area contributed by atoms with E-state index in [1.54, 1.807) is 54.9 Å². The Balaban J connectivity index is 1.63. The van der Waals surface area contributed by atoms with Crippen molar-refractivity contribution in [2.75, 3.05) is 27.9 Å². The first-order valence-corrected chi connectivity index (χ1v) is 14.0. The molecular formula is C28H27N3O6S2. The number of hydrogen-bond acceptors (Lipinski definition) is 9. The zero-order valence-electron chi connectivity index (χ0n) is 22.0. The number of methoxy groups -OCH3 is 3. The van der Waals surface area contributed by atoms with Crippen LogP contribution in [0.1, 0.15) is 33.3 Å². The second kappa shape index (κ2) is 11.1. The second-order valence-corrected chi connectivity index (χ2v) is 10.9. The number of esters is 1. The SMILES string of the molecule is COC(=O)c1ccc(OC)c(CSc2nc3sc4c(c3c(=O)n2-c2cccc(OC)c2)CCN(C(C)=O)C4)c1. The number of carbonyl (C=O) groups excluding carboxylic acids is 2. The lowest BCUT2D eigenvalue weighted by Gasteiger charge is -2.25. The number of rotatable bonds is 7. The van der Waals surface area contributed by atoms with E-state index in [1.165, 1.54) is 30.2 Å². The van der Waals surface area contributed by atoms with Crippen molar-refractivity contribution < 1.29 is 23.8 Å². The summed E-state index contributed by atoms with van der Waals surface area (Å²) in [6.07, 6.45) is 0.605. The monoisotopic (exact) mass is 565 g/mol. The maximum Gasteiger partial charge on any atom is 0.337 e. The van der Waals surface area contributed by atoms with Crippen LogP contribution in [-0.4, -0.2) is 54.2 Å². The van der Waals surface area contributed by atoms with Crippen LogP contribution >= 0.6 is 23.1 Å². The van der Waals surface area contributed by atoms with Crippen molar-refractivity contribution in [2.45, 2.75) is 30.8 Å². The lowest BCUT2D eigenvalue weighted by atomic mass is 10.1. The molecule has 2 aromatic heterocycles. The Hall–Kier alpha value is -3.83. The van der Waals surface area contributed by atoms with Gasteiger partial charge < -0.3 is 19.1 Å². The van der Waals surface area contributed by atoms with Crippen molar-refractivity contribution >= 4 is 45.2 Å². The average Bonchev–Trinajstić information content (AvgIpc) is 3.33. The lowest BCUT2D eigenvalue weighted by Crippen LogP contribution is -2.34. The quantitative estimate of drug-likeness (QED) is 0.184. The molecule has 0 bridgehead atoms. The fourth-order valence-electron chi connectivity index (χ4n) is 4.65. The minimum absolute atomic E-state index is 0.0132. The summed E-state index contributed by atoms with van der Waals surface area (Å²) in [5, 5.41) is 1.09. The van der Waals surface area contributed by atoms with E-state index in [2.05, 4.69) is 0 Å². The molecule has 4 aromatic rings. The van der Waals surface area contributed by atoms with Crippen molar-refractivity contribution in [3.8, 4) is 17.2 Å². The van der Waals surface area contributed by atoms with Gasteiger partial charge in [0.1, 0.15) is 16.3 Å². The molecule has 39 heavy (non-hydrogen) atoms.